The van der Waals surface area contributed by atoms with E-state index in [2.05, 4.69) is 20.8 Å². The number of aromatic nitrogens is 4. The molecule has 1 aromatic carbocycles. The molecule has 9 nitrogen and oxygen atoms in total. The third kappa shape index (κ3) is 4.17. The largest absolute Gasteiger partial charge is 0.324 e. The maximum atomic E-state index is 12.7. The molecule has 150 valence electrons. The fraction of sp³-hybridized carbons (Fsp3) is 0.500. The number of thioether (sulfide) groups is 1. The average Bonchev–Trinajstić information content (AvgIpc) is 3.17. The molecule has 0 radical (unpaired) electrons. The third-order valence-corrected chi connectivity index (χ3v) is 7.76. The molecule has 2 aromatic rings. The van der Waals surface area contributed by atoms with Crippen molar-refractivity contribution in [2.45, 2.75) is 41.8 Å². The minimum Gasteiger partial charge on any atom is -0.324 e. The van der Waals surface area contributed by atoms with Crippen LogP contribution in [0, 0.1) is 0 Å². The van der Waals surface area contributed by atoms with Crippen molar-refractivity contribution >= 4 is 45.0 Å². The highest BCUT2D eigenvalue weighted by atomic mass is 35.5. The van der Waals surface area contributed by atoms with Crippen LogP contribution < -0.4 is 5.32 Å². The Hall–Kier alpha value is -1.69. The van der Waals surface area contributed by atoms with E-state index in [9.17, 15) is 13.2 Å². The molecule has 1 aromatic heterocycles. The van der Waals surface area contributed by atoms with Gasteiger partial charge in [0.1, 0.15) is 0 Å². The Morgan fingerprint density at radius 3 is 2.75 bits per heavy atom. The molecular weight excluding hydrogens is 424 g/mol. The minimum atomic E-state index is -3.58. The van der Waals surface area contributed by atoms with Gasteiger partial charge in [0, 0.05) is 13.1 Å². The molecule has 1 saturated carbocycles. The molecule has 28 heavy (non-hydrogen) atoms. The van der Waals surface area contributed by atoms with E-state index in [4.69, 9.17) is 11.6 Å². The van der Waals surface area contributed by atoms with Gasteiger partial charge in [0.2, 0.25) is 21.1 Å². The first-order chi connectivity index (χ1) is 13.4. The summed E-state index contributed by atoms with van der Waals surface area (Å²) in [6, 6.07) is 4.68. The number of carbonyl (C=O) groups is 1. The van der Waals surface area contributed by atoms with Crippen LogP contribution in [0.1, 0.15) is 31.7 Å². The quantitative estimate of drug-likeness (QED) is 0.654. The maximum absolute atomic E-state index is 12.7. The molecule has 0 bridgehead atoms. The van der Waals surface area contributed by atoms with E-state index in [1.807, 2.05) is 0 Å². The van der Waals surface area contributed by atoms with Crippen molar-refractivity contribution < 1.29 is 13.2 Å². The van der Waals surface area contributed by atoms with E-state index in [0.29, 0.717) is 24.3 Å². The number of nitrogens with one attached hydrogen (secondary N) is 1. The van der Waals surface area contributed by atoms with Crippen LogP contribution in [0.15, 0.2) is 28.3 Å². The number of hydrogen-bond donors (Lipinski definition) is 1. The molecule has 1 saturated heterocycles. The van der Waals surface area contributed by atoms with Gasteiger partial charge in [-0.3, -0.25) is 4.79 Å². The van der Waals surface area contributed by atoms with E-state index < -0.39 is 10.0 Å². The number of benzene rings is 1. The predicted octanol–water partition coefficient (Wildman–Crippen LogP) is 2.18. The van der Waals surface area contributed by atoms with Crippen molar-refractivity contribution in [1.29, 1.82) is 0 Å². The van der Waals surface area contributed by atoms with Crippen LogP contribution in [0.4, 0.5) is 5.69 Å². The van der Waals surface area contributed by atoms with Crippen LogP contribution in [0.2, 0.25) is 5.02 Å². The molecule has 2 aliphatic rings. The lowest BCUT2D eigenvalue weighted by atomic mass is 10.3. The number of nitrogens with zero attached hydrogens (tertiary/aromatic N) is 5. The van der Waals surface area contributed by atoms with Gasteiger partial charge in [0.25, 0.3) is 0 Å². The number of amides is 1. The molecule has 2 heterocycles. The lowest BCUT2D eigenvalue weighted by molar-refractivity contribution is -0.113. The highest BCUT2D eigenvalue weighted by Gasteiger charge is 2.29. The van der Waals surface area contributed by atoms with Crippen molar-refractivity contribution in [3.05, 3.63) is 23.2 Å². The van der Waals surface area contributed by atoms with Gasteiger partial charge in [-0.2, -0.15) is 4.31 Å². The van der Waals surface area contributed by atoms with Crippen LogP contribution in [0.3, 0.4) is 0 Å². The first kappa shape index (κ1) is 19.6. The number of sulfonamides is 1. The van der Waals surface area contributed by atoms with Crippen LogP contribution in [0.25, 0.3) is 0 Å². The van der Waals surface area contributed by atoms with E-state index in [-0.39, 0.29) is 27.3 Å². The number of halogens is 1. The number of rotatable bonds is 7. The van der Waals surface area contributed by atoms with Gasteiger partial charge in [-0.1, -0.05) is 23.4 Å². The van der Waals surface area contributed by atoms with Crippen molar-refractivity contribution in [1.82, 2.24) is 24.5 Å². The van der Waals surface area contributed by atoms with Gasteiger partial charge in [-0.25, -0.2) is 13.1 Å². The summed E-state index contributed by atoms with van der Waals surface area (Å²) in [5.41, 5.74) is 0.273. The van der Waals surface area contributed by atoms with E-state index >= 15 is 0 Å². The third-order valence-electron chi connectivity index (χ3n) is 4.60. The SMILES string of the molecule is O=C(CSc1nnnn1C1CC1)Nc1cc(S(=O)(=O)N2CCCC2)ccc1Cl. The molecule has 1 N–H and O–H groups in total. The standard InChI is InChI=1S/C16H19ClN6O3S2/c17-13-6-5-12(28(25,26)22-7-1-2-8-22)9-14(13)18-15(24)10-27-16-19-20-21-23(16)11-3-4-11/h5-6,9,11H,1-4,7-8,10H2,(H,18,24). The summed E-state index contributed by atoms with van der Waals surface area (Å²) in [7, 11) is -3.58. The molecule has 2 fully saturated rings. The average molecular weight is 443 g/mol. The Morgan fingerprint density at radius 2 is 2.04 bits per heavy atom. The Balaban J connectivity index is 1.43. The van der Waals surface area contributed by atoms with Gasteiger partial charge >= 0.3 is 0 Å². The predicted molar refractivity (Wildman–Crippen MR) is 105 cm³/mol. The molecule has 0 unspecified atom stereocenters. The van der Waals surface area contributed by atoms with Gasteiger partial charge in [0.15, 0.2) is 0 Å². The highest BCUT2D eigenvalue weighted by molar-refractivity contribution is 7.99. The van der Waals surface area contributed by atoms with Crippen molar-refractivity contribution in [3.8, 4) is 0 Å². The van der Waals surface area contributed by atoms with E-state index in [1.54, 1.807) is 4.68 Å². The Labute approximate surface area is 171 Å². The zero-order valence-electron chi connectivity index (χ0n) is 14.9. The fourth-order valence-electron chi connectivity index (χ4n) is 2.98. The number of carbonyl (C=O) groups excluding carboxylic acids is 1. The van der Waals surface area contributed by atoms with Gasteiger partial charge in [-0.05, 0) is 54.3 Å². The fourth-order valence-corrected chi connectivity index (χ4v) is 5.44. The second kappa shape index (κ2) is 7.97. The van der Waals surface area contributed by atoms with Gasteiger partial charge in [0.05, 0.1) is 27.4 Å². The summed E-state index contributed by atoms with van der Waals surface area (Å²) >= 11 is 7.39. The molecule has 1 amide bonds. The summed E-state index contributed by atoms with van der Waals surface area (Å²) in [4.78, 5) is 12.5. The molecular formula is C16H19ClN6O3S2. The van der Waals surface area contributed by atoms with Crippen molar-refractivity contribution in [3.63, 3.8) is 0 Å². The first-order valence-corrected chi connectivity index (χ1v) is 11.8. The molecule has 4 rings (SSSR count). The second-order valence-corrected chi connectivity index (χ2v) is 10.0. The summed E-state index contributed by atoms with van der Waals surface area (Å²) < 4.78 is 28.6. The molecule has 1 aliphatic carbocycles. The minimum absolute atomic E-state index is 0.0898. The van der Waals surface area contributed by atoms with Crippen molar-refractivity contribution in [2.75, 3.05) is 24.2 Å². The first-order valence-electron chi connectivity index (χ1n) is 8.95. The molecule has 0 spiro atoms. The van der Waals surface area contributed by atoms with E-state index in [1.165, 1.54) is 34.3 Å². The zero-order chi connectivity index (χ0) is 19.7. The van der Waals surface area contributed by atoms with Gasteiger partial charge in [-0.15, -0.1) is 5.10 Å². The summed E-state index contributed by atoms with van der Waals surface area (Å²) in [6.07, 6.45) is 3.79. The number of anilines is 1. The number of hydrogen-bond acceptors (Lipinski definition) is 7. The molecule has 0 atom stereocenters. The van der Waals surface area contributed by atoms with Crippen LogP contribution in [-0.2, 0) is 14.8 Å². The monoisotopic (exact) mass is 442 g/mol. The second-order valence-electron chi connectivity index (χ2n) is 6.73. The van der Waals surface area contributed by atoms with Gasteiger partial charge < -0.3 is 5.32 Å². The summed E-state index contributed by atoms with van der Waals surface area (Å²) in [6.45, 7) is 1.03. The lowest BCUT2D eigenvalue weighted by Crippen LogP contribution is -2.28. The lowest BCUT2D eigenvalue weighted by Gasteiger charge is -2.16. The highest BCUT2D eigenvalue weighted by Crippen LogP contribution is 2.36. The van der Waals surface area contributed by atoms with Crippen LogP contribution in [-0.4, -0.2) is 57.7 Å². The summed E-state index contributed by atoms with van der Waals surface area (Å²) in [5, 5.41) is 15.1. The zero-order valence-corrected chi connectivity index (χ0v) is 17.3. The Morgan fingerprint density at radius 1 is 1.29 bits per heavy atom. The van der Waals surface area contributed by atoms with Crippen LogP contribution in [0.5, 0.6) is 0 Å². The molecule has 1 aliphatic heterocycles. The van der Waals surface area contributed by atoms with E-state index in [0.717, 1.165) is 25.7 Å². The Kier molecular flexibility index (Phi) is 5.59. The number of tetrazole rings is 1. The normalized spacial score (nSPS) is 17.8. The maximum Gasteiger partial charge on any atom is 0.243 e. The van der Waals surface area contributed by atoms with Crippen LogP contribution >= 0.6 is 23.4 Å². The summed E-state index contributed by atoms with van der Waals surface area (Å²) in [5.74, 6) is -0.222. The van der Waals surface area contributed by atoms with Crippen molar-refractivity contribution in [2.24, 2.45) is 0 Å². The molecule has 12 heteroatoms. The Bertz CT molecular complexity index is 986. The smallest absolute Gasteiger partial charge is 0.243 e. The topological polar surface area (TPSA) is 110 Å².